The number of ether oxygens (including phenoxy) is 1. The summed E-state index contributed by atoms with van der Waals surface area (Å²) in [6, 6.07) is 17.4. The second-order valence-corrected chi connectivity index (χ2v) is 6.12. The van der Waals surface area contributed by atoms with Crippen LogP contribution in [0.5, 0.6) is 0 Å². The first kappa shape index (κ1) is 15.4. The molecule has 0 aliphatic rings. The number of hydrogen-bond acceptors (Lipinski definition) is 4. The standard InChI is InChI=1S/C17H19NO2S/c1-13(21-12-15-7-9-16(18)10-8-15)17(19)20-11-14-5-3-2-4-6-14/h2-10,13H,11-12,18H2,1H3. The minimum atomic E-state index is -0.189. The maximum Gasteiger partial charge on any atom is 0.319 e. The molecule has 0 aliphatic heterocycles. The number of benzene rings is 2. The van der Waals surface area contributed by atoms with Crippen molar-refractivity contribution in [1.29, 1.82) is 0 Å². The number of carbonyl (C=O) groups is 1. The van der Waals surface area contributed by atoms with E-state index in [9.17, 15) is 4.79 Å². The van der Waals surface area contributed by atoms with Gasteiger partial charge in [0, 0.05) is 11.4 Å². The third-order valence-corrected chi connectivity index (χ3v) is 4.23. The summed E-state index contributed by atoms with van der Waals surface area (Å²) in [6.45, 7) is 2.20. The third kappa shape index (κ3) is 5.16. The average molecular weight is 301 g/mol. The van der Waals surface area contributed by atoms with E-state index in [1.165, 1.54) is 0 Å². The van der Waals surface area contributed by atoms with Gasteiger partial charge in [0.15, 0.2) is 0 Å². The summed E-state index contributed by atoms with van der Waals surface area (Å²) < 4.78 is 5.32. The van der Waals surface area contributed by atoms with Crippen molar-refractivity contribution in [3.05, 3.63) is 65.7 Å². The predicted octanol–water partition coefficient (Wildman–Crippen LogP) is 3.63. The Kier molecular flexibility index (Phi) is 5.69. The van der Waals surface area contributed by atoms with Crippen LogP contribution in [0.25, 0.3) is 0 Å². The number of hydrogen-bond donors (Lipinski definition) is 1. The lowest BCUT2D eigenvalue weighted by atomic mass is 10.2. The van der Waals surface area contributed by atoms with Gasteiger partial charge in [0.25, 0.3) is 0 Å². The number of nitrogen functional groups attached to an aromatic ring is 1. The predicted molar refractivity (Wildman–Crippen MR) is 87.8 cm³/mol. The summed E-state index contributed by atoms with van der Waals surface area (Å²) >= 11 is 1.56. The van der Waals surface area contributed by atoms with Gasteiger partial charge in [0.2, 0.25) is 0 Å². The van der Waals surface area contributed by atoms with Crippen molar-refractivity contribution in [3.8, 4) is 0 Å². The zero-order valence-corrected chi connectivity index (χ0v) is 12.8. The second kappa shape index (κ2) is 7.74. The fourth-order valence-electron chi connectivity index (χ4n) is 1.75. The maximum atomic E-state index is 11.9. The molecule has 0 spiro atoms. The van der Waals surface area contributed by atoms with Gasteiger partial charge in [0.05, 0.1) is 5.25 Å². The number of rotatable bonds is 6. The van der Waals surface area contributed by atoms with Gasteiger partial charge >= 0.3 is 5.97 Å². The van der Waals surface area contributed by atoms with Gasteiger partial charge in [-0.2, -0.15) is 0 Å². The van der Waals surface area contributed by atoms with E-state index in [2.05, 4.69) is 0 Å². The number of anilines is 1. The molecule has 0 fully saturated rings. The highest BCUT2D eigenvalue weighted by Gasteiger charge is 2.15. The molecule has 110 valence electrons. The zero-order valence-electron chi connectivity index (χ0n) is 12.0. The highest BCUT2D eigenvalue weighted by Crippen LogP contribution is 2.20. The van der Waals surface area contributed by atoms with Gasteiger partial charge in [-0.1, -0.05) is 42.5 Å². The first-order valence-corrected chi connectivity index (χ1v) is 7.86. The van der Waals surface area contributed by atoms with Crippen LogP contribution in [-0.4, -0.2) is 11.2 Å². The lowest BCUT2D eigenvalue weighted by Crippen LogP contribution is -2.17. The summed E-state index contributed by atoms with van der Waals surface area (Å²) in [5.41, 5.74) is 8.55. The molecule has 0 heterocycles. The highest BCUT2D eigenvalue weighted by atomic mass is 32.2. The smallest absolute Gasteiger partial charge is 0.319 e. The lowest BCUT2D eigenvalue weighted by molar-refractivity contribution is -0.143. The van der Waals surface area contributed by atoms with Crippen molar-refractivity contribution in [3.63, 3.8) is 0 Å². The van der Waals surface area contributed by atoms with E-state index in [1.807, 2.05) is 61.5 Å². The van der Waals surface area contributed by atoms with Crippen LogP contribution in [0, 0.1) is 0 Å². The van der Waals surface area contributed by atoms with Gasteiger partial charge in [0.1, 0.15) is 6.61 Å². The van der Waals surface area contributed by atoms with Gasteiger partial charge in [-0.15, -0.1) is 11.8 Å². The molecule has 21 heavy (non-hydrogen) atoms. The summed E-state index contributed by atoms with van der Waals surface area (Å²) in [5, 5.41) is -0.189. The minimum absolute atomic E-state index is 0.181. The molecule has 0 aliphatic carbocycles. The monoisotopic (exact) mass is 301 g/mol. The average Bonchev–Trinajstić information content (AvgIpc) is 2.52. The van der Waals surface area contributed by atoms with Crippen LogP contribution in [0.2, 0.25) is 0 Å². The van der Waals surface area contributed by atoms with Crippen molar-refractivity contribution >= 4 is 23.4 Å². The molecule has 0 amide bonds. The first-order chi connectivity index (χ1) is 10.1. The van der Waals surface area contributed by atoms with Gasteiger partial charge in [-0.05, 0) is 30.2 Å². The van der Waals surface area contributed by atoms with E-state index in [0.29, 0.717) is 6.61 Å². The van der Waals surface area contributed by atoms with E-state index in [0.717, 1.165) is 22.6 Å². The Balaban J connectivity index is 1.76. The van der Waals surface area contributed by atoms with Crippen molar-refractivity contribution in [2.24, 2.45) is 0 Å². The van der Waals surface area contributed by atoms with Crippen molar-refractivity contribution in [2.75, 3.05) is 5.73 Å². The molecule has 1 atom stereocenters. The number of esters is 1. The van der Waals surface area contributed by atoms with Crippen LogP contribution in [-0.2, 0) is 21.9 Å². The summed E-state index contributed by atoms with van der Waals surface area (Å²) in [6.07, 6.45) is 0. The Hall–Kier alpha value is -1.94. The fraction of sp³-hybridized carbons (Fsp3) is 0.235. The topological polar surface area (TPSA) is 52.3 Å². The van der Waals surface area contributed by atoms with Gasteiger partial charge < -0.3 is 10.5 Å². The molecule has 4 heteroatoms. The highest BCUT2D eigenvalue weighted by molar-refractivity contribution is 7.99. The quantitative estimate of drug-likeness (QED) is 0.654. The SMILES string of the molecule is CC(SCc1ccc(N)cc1)C(=O)OCc1ccccc1. The van der Waals surface area contributed by atoms with Crippen LogP contribution in [0.1, 0.15) is 18.1 Å². The summed E-state index contributed by atoms with van der Waals surface area (Å²) in [5.74, 6) is 0.585. The Morgan fingerprint density at radius 2 is 1.76 bits per heavy atom. The van der Waals surface area contributed by atoms with E-state index >= 15 is 0 Å². The molecule has 1 unspecified atom stereocenters. The van der Waals surface area contributed by atoms with E-state index in [-0.39, 0.29) is 11.2 Å². The molecule has 2 aromatic rings. The molecule has 0 saturated carbocycles. The Labute approximate surface area is 129 Å². The molecular weight excluding hydrogens is 282 g/mol. The summed E-state index contributed by atoms with van der Waals surface area (Å²) in [7, 11) is 0. The van der Waals surface area contributed by atoms with E-state index < -0.39 is 0 Å². The molecular formula is C17H19NO2S. The molecule has 2 N–H and O–H groups in total. The zero-order chi connectivity index (χ0) is 15.1. The Morgan fingerprint density at radius 1 is 1.10 bits per heavy atom. The van der Waals surface area contributed by atoms with Crippen LogP contribution in [0.15, 0.2) is 54.6 Å². The largest absolute Gasteiger partial charge is 0.460 e. The molecule has 2 aromatic carbocycles. The van der Waals surface area contributed by atoms with Gasteiger partial charge in [-0.25, -0.2) is 0 Å². The Bertz CT molecular complexity index is 569. The van der Waals surface area contributed by atoms with Crippen LogP contribution < -0.4 is 5.73 Å². The minimum Gasteiger partial charge on any atom is -0.460 e. The van der Waals surface area contributed by atoms with Crippen molar-refractivity contribution in [1.82, 2.24) is 0 Å². The lowest BCUT2D eigenvalue weighted by Gasteiger charge is -2.11. The maximum absolute atomic E-state index is 11.9. The normalized spacial score (nSPS) is 11.9. The van der Waals surface area contributed by atoms with E-state index in [1.54, 1.807) is 11.8 Å². The number of thioether (sulfide) groups is 1. The van der Waals surface area contributed by atoms with Gasteiger partial charge in [-0.3, -0.25) is 4.79 Å². The van der Waals surface area contributed by atoms with Crippen LogP contribution >= 0.6 is 11.8 Å². The molecule has 3 nitrogen and oxygen atoms in total. The third-order valence-electron chi connectivity index (χ3n) is 3.04. The molecule has 0 aromatic heterocycles. The van der Waals surface area contributed by atoms with Crippen molar-refractivity contribution in [2.45, 2.75) is 24.5 Å². The van der Waals surface area contributed by atoms with Crippen LogP contribution in [0.3, 0.4) is 0 Å². The molecule has 0 radical (unpaired) electrons. The van der Waals surface area contributed by atoms with E-state index in [4.69, 9.17) is 10.5 Å². The first-order valence-electron chi connectivity index (χ1n) is 6.82. The number of nitrogens with two attached hydrogens (primary N) is 1. The molecule has 0 bridgehead atoms. The van der Waals surface area contributed by atoms with Crippen molar-refractivity contribution < 1.29 is 9.53 Å². The fourth-order valence-corrected chi connectivity index (χ4v) is 2.59. The Morgan fingerprint density at radius 3 is 2.43 bits per heavy atom. The van der Waals surface area contributed by atoms with Crippen LogP contribution in [0.4, 0.5) is 5.69 Å². The molecule has 2 rings (SSSR count). The summed E-state index contributed by atoms with van der Waals surface area (Å²) in [4.78, 5) is 11.9. The second-order valence-electron chi connectivity index (χ2n) is 4.79. The number of carbonyl (C=O) groups excluding carboxylic acids is 1. The molecule has 0 saturated heterocycles.